The Bertz CT molecular complexity index is 1740. The van der Waals surface area contributed by atoms with E-state index >= 15 is 0 Å². The van der Waals surface area contributed by atoms with Crippen LogP contribution in [0.3, 0.4) is 0 Å². The molecule has 4 aliphatic rings. The number of hydrogen-bond acceptors (Lipinski definition) is 14. The quantitative estimate of drug-likeness (QED) is 0.249. The molecule has 0 aromatic heterocycles. The Balaban J connectivity index is 1.41. The number of likely N-dealkylation sites (N-methyl/N-ethyl adjacent to an activating group) is 1. The minimum absolute atomic E-state index is 0.0390. The average molecular weight is 712 g/mol. The lowest BCUT2D eigenvalue weighted by Crippen LogP contribution is -2.56. The zero-order valence-electron chi connectivity index (χ0n) is 29.5. The molecule has 14 nitrogen and oxygen atoms in total. The van der Waals surface area contributed by atoms with Crippen LogP contribution >= 0.6 is 0 Å². The van der Waals surface area contributed by atoms with Crippen molar-refractivity contribution in [3.05, 3.63) is 57.6 Å². The fourth-order valence-electron chi connectivity index (χ4n) is 8.15. The van der Waals surface area contributed by atoms with Crippen LogP contribution in [0.25, 0.3) is 0 Å². The molecule has 2 aromatic carbocycles. The van der Waals surface area contributed by atoms with E-state index in [9.17, 15) is 39.6 Å². The summed E-state index contributed by atoms with van der Waals surface area (Å²) in [4.78, 5) is 55.6. The van der Waals surface area contributed by atoms with Crippen LogP contribution in [-0.4, -0.2) is 118 Å². The van der Waals surface area contributed by atoms with Crippen molar-refractivity contribution in [2.75, 3.05) is 21.2 Å². The molecule has 6 rings (SSSR count). The molecule has 2 heterocycles. The van der Waals surface area contributed by atoms with E-state index in [1.54, 1.807) is 6.92 Å². The number of methoxy groups -OCH3 is 1. The molecular weight excluding hydrogens is 666 g/mol. The summed E-state index contributed by atoms with van der Waals surface area (Å²) in [6, 6.07) is 5.02. The molecule has 2 aliphatic heterocycles. The molecule has 2 fully saturated rings. The number of rotatable bonds is 8. The van der Waals surface area contributed by atoms with Gasteiger partial charge in [-0.3, -0.25) is 19.2 Å². The highest BCUT2D eigenvalue weighted by Crippen LogP contribution is 2.54. The number of nitrogens with zero attached hydrogens (tertiary/aromatic N) is 1. The van der Waals surface area contributed by atoms with Crippen LogP contribution in [0.15, 0.2) is 24.3 Å². The van der Waals surface area contributed by atoms with E-state index in [0.29, 0.717) is 12.8 Å². The first-order valence-electron chi connectivity index (χ1n) is 17.1. The monoisotopic (exact) mass is 711 g/mol. The first-order chi connectivity index (χ1) is 24.1. The lowest BCUT2D eigenvalue weighted by atomic mass is 9.66. The Morgan fingerprint density at radius 2 is 1.69 bits per heavy atom. The highest BCUT2D eigenvalue weighted by atomic mass is 16.7. The van der Waals surface area contributed by atoms with Crippen molar-refractivity contribution < 1.29 is 63.3 Å². The summed E-state index contributed by atoms with van der Waals surface area (Å²) in [5.41, 5.74) is -3.15. The number of carbonyl (C=O) groups excluding carboxylic acids is 4. The molecule has 0 amide bonds. The largest absolute Gasteiger partial charge is 0.507 e. The molecule has 14 heteroatoms. The SMILES string of the molecule is COC(=O)[C@H]1c2cc3c(c(O)c2[C@@H](O[C@H]2C[C@@H](N(C)C)[C@@H](O[C@@H]4CC[C@@H](O)[C@@H](C)O4)[C@@H](C)O2)C[C@]1(O)CC(C)=O)C(=O)c1c(O)cccc1C3=O. The molecule has 2 aliphatic carbocycles. The van der Waals surface area contributed by atoms with Crippen molar-refractivity contribution >= 4 is 23.3 Å². The summed E-state index contributed by atoms with van der Waals surface area (Å²) in [5, 5.41) is 44.7. The molecule has 10 atom stereocenters. The number of carbonyl (C=O) groups is 4. The summed E-state index contributed by atoms with van der Waals surface area (Å²) < 4.78 is 30.2. The van der Waals surface area contributed by atoms with Crippen LogP contribution < -0.4 is 0 Å². The van der Waals surface area contributed by atoms with Gasteiger partial charge in [0.05, 0.1) is 48.3 Å². The van der Waals surface area contributed by atoms with Gasteiger partial charge in [-0.15, -0.1) is 0 Å². The van der Waals surface area contributed by atoms with Crippen molar-refractivity contribution in [2.45, 2.75) is 114 Å². The van der Waals surface area contributed by atoms with Crippen molar-refractivity contribution in [3.63, 3.8) is 0 Å². The number of esters is 1. The summed E-state index contributed by atoms with van der Waals surface area (Å²) >= 11 is 0. The number of ketones is 3. The van der Waals surface area contributed by atoms with E-state index in [1.165, 1.54) is 31.2 Å². The number of hydrogen-bond donors (Lipinski definition) is 4. The third-order valence-corrected chi connectivity index (χ3v) is 10.6. The second-order valence-corrected chi connectivity index (χ2v) is 14.3. The molecule has 0 saturated carbocycles. The predicted octanol–water partition coefficient (Wildman–Crippen LogP) is 2.64. The van der Waals surface area contributed by atoms with Gasteiger partial charge in [0, 0.05) is 48.4 Å². The number of ether oxygens (including phenoxy) is 5. The lowest BCUT2D eigenvalue weighted by Gasteiger charge is -2.47. The fraction of sp³-hybridized carbons (Fsp3) is 0.568. The smallest absolute Gasteiger partial charge is 0.316 e. The molecule has 276 valence electrons. The molecule has 0 unspecified atom stereocenters. The number of Topliss-reactive ketones (excluding diaryl/α,β-unsaturated/α-hetero) is 1. The summed E-state index contributed by atoms with van der Waals surface area (Å²) in [7, 11) is 4.87. The van der Waals surface area contributed by atoms with Gasteiger partial charge in [0.25, 0.3) is 0 Å². The van der Waals surface area contributed by atoms with Gasteiger partial charge in [-0.1, -0.05) is 12.1 Å². The third-order valence-electron chi connectivity index (χ3n) is 10.6. The molecule has 4 N–H and O–H groups in total. The van der Waals surface area contributed by atoms with Crippen LogP contribution in [0.4, 0.5) is 0 Å². The molecule has 2 saturated heterocycles. The zero-order valence-corrected chi connectivity index (χ0v) is 29.5. The number of aromatic hydroxyl groups is 2. The summed E-state index contributed by atoms with van der Waals surface area (Å²) in [5.74, 6) is -5.49. The molecular formula is C37H45NO13. The normalized spacial score (nSPS) is 33.3. The highest BCUT2D eigenvalue weighted by Gasteiger charge is 2.54. The maximum atomic E-state index is 13.9. The summed E-state index contributed by atoms with van der Waals surface area (Å²) in [6.07, 6.45) is -4.38. The van der Waals surface area contributed by atoms with Gasteiger partial charge in [0.2, 0.25) is 5.78 Å². The molecule has 51 heavy (non-hydrogen) atoms. The van der Waals surface area contributed by atoms with Crippen LogP contribution in [-0.2, 0) is 33.3 Å². The second-order valence-electron chi connectivity index (χ2n) is 14.3. The zero-order chi connectivity index (χ0) is 37.1. The van der Waals surface area contributed by atoms with Gasteiger partial charge in [-0.25, -0.2) is 0 Å². The van der Waals surface area contributed by atoms with E-state index in [2.05, 4.69) is 0 Å². The second kappa shape index (κ2) is 14.0. The van der Waals surface area contributed by atoms with Crippen molar-refractivity contribution in [2.24, 2.45) is 0 Å². The maximum Gasteiger partial charge on any atom is 0.316 e. The average Bonchev–Trinajstić information content (AvgIpc) is 3.05. The van der Waals surface area contributed by atoms with Crippen LogP contribution in [0.5, 0.6) is 11.5 Å². The number of aliphatic hydroxyl groups excluding tert-OH is 1. The van der Waals surface area contributed by atoms with E-state index in [0.717, 1.165) is 7.11 Å². The Morgan fingerprint density at radius 3 is 2.33 bits per heavy atom. The minimum Gasteiger partial charge on any atom is -0.507 e. The van der Waals surface area contributed by atoms with Crippen molar-refractivity contribution in [1.29, 1.82) is 0 Å². The lowest BCUT2D eigenvalue weighted by molar-refractivity contribution is -0.302. The van der Waals surface area contributed by atoms with E-state index < -0.39 is 95.9 Å². The van der Waals surface area contributed by atoms with Gasteiger partial charge in [0.15, 0.2) is 18.4 Å². The van der Waals surface area contributed by atoms with Crippen LogP contribution in [0.1, 0.15) is 108 Å². The Morgan fingerprint density at radius 1 is 0.980 bits per heavy atom. The standard InChI is InChI=1S/C37H45NO13/c1-16(39)14-37(46)15-25(50-27-13-22(38(4)5)35(18(3)49-27)51-26-11-10-23(40)17(2)48-26)29-20(31(37)36(45)47-6)12-21-30(34(29)44)33(43)28-19(32(21)42)8-7-9-24(28)41/h7-9,12,17-18,22-23,25-27,31,35,40-41,44,46H,10-11,13-15H2,1-6H3/t17-,18-,22-,23-,25+,26-,27+,31-,35+,37-/m1/s1. The molecule has 0 bridgehead atoms. The highest BCUT2D eigenvalue weighted by molar-refractivity contribution is 6.30. The molecule has 2 aromatic rings. The van der Waals surface area contributed by atoms with Gasteiger partial charge >= 0.3 is 5.97 Å². The van der Waals surface area contributed by atoms with E-state index in [-0.39, 0.29) is 52.3 Å². The van der Waals surface area contributed by atoms with Gasteiger partial charge < -0.3 is 49.0 Å². The fourth-order valence-corrected chi connectivity index (χ4v) is 8.15. The maximum absolute atomic E-state index is 13.9. The van der Waals surface area contributed by atoms with E-state index in [1.807, 2.05) is 25.9 Å². The number of fused-ring (bicyclic) bond motifs is 3. The number of phenols is 2. The first-order valence-corrected chi connectivity index (χ1v) is 17.1. The van der Waals surface area contributed by atoms with Crippen molar-refractivity contribution in [1.82, 2.24) is 4.90 Å². The minimum atomic E-state index is -2.08. The number of phenolic OH excluding ortho intramolecular Hbond substituents is 2. The van der Waals surface area contributed by atoms with Gasteiger partial charge in [0.1, 0.15) is 29.3 Å². The number of benzene rings is 2. The predicted molar refractivity (Wildman–Crippen MR) is 177 cm³/mol. The Kier molecular flexibility index (Phi) is 10.2. The van der Waals surface area contributed by atoms with Crippen LogP contribution in [0, 0.1) is 0 Å². The topological polar surface area (TPSA) is 199 Å². The van der Waals surface area contributed by atoms with Crippen molar-refractivity contribution in [3.8, 4) is 11.5 Å². The van der Waals surface area contributed by atoms with Crippen LogP contribution in [0.2, 0.25) is 0 Å². The Labute approximate surface area is 295 Å². The third kappa shape index (κ3) is 6.58. The van der Waals surface area contributed by atoms with Gasteiger partial charge in [-0.05, 0) is 59.0 Å². The van der Waals surface area contributed by atoms with Gasteiger partial charge in [-0.2, -0.15) is 0 Å². The Hall–Kier alpha value is -3.76. The van der Waals surface area contributed by atoms with E-state index in [4.69, 9.17) is 23.7 Å². The number of aliphatic hydroxyl groups is 2. The molecule has 0 spiro atoms. The summed E-state index contributed by atoms with van der Waals surface area (Å²) in [6.45, 7) is 4.86. The molecule has 0 radical (unpaired) electrons. The first kappa shape index (κ1) is 37.0.